The van der Waals surface area contributed by atoms with Gasteiger partial charge in [0.05, 0.1) is 26.4 Å². The molecule has 3 fully saturated rings. The molecule has 31 heavy (non-hydrogen) atoms. The summed E-state index contributed by atoms with van der Waals surface area (Å²) in [5.41, 5.74) is 10.5. The normalized spacial score (nSPS) is 26.9. The van der Waals surface area contributed by atoms with Crippen molar-refractivity contribution in [3.63, 3.8) is 0 Å². The number of hydrogen-bond donors (Lipinski definition) is 3. The Bertz CT molecular complexity index is 592. The topological polar surface area (TPSA) is 178 Å². The van der Waals surface area contributed by atoms with Gasteiger partial charge in [0.15, 0.2) is 6.04 Å². The van der Waals surface area contributed by atoms with E-state index in [9.17, 15) is 19.2 Å². The SMILES string of the molecule is CN1C(=O)COCC1C(=O)O.CN1C(=O)COCC1C(N)=O.CN1CCOCC1CN. The number of nitrogens with zero attached hydrogens (tertiary/aromatic N) is 3. The van der Waals surface area contributed by atoms with Gasteiger partial charge in [0.25, 0.3) is 0 Å². The number of amides is 3. The van der Waals surface area contributed by atoms with Crippen molar-refractivity contribution in [3.8, 4) is 0 Å². The van der Waals surface area contributed by atoms with E-state index in [0.29, 0.717) is 12.6 Å². The molecule has 5 N–H and O–H groups in total. The molecule has 0 aromatic rings. The van der Waals surface area contributed by atoms with E-state index in [1.807, 2.05) is 0 Å². The Balaban J connectivity index is 0.000000234. The summed E-state index contributed by atoms with van der Waals surface area (Å²) < 4.78 is 14.8. The second-order valence-electron chi connectivity index (χ2n) is 7.26. The largest absolute Gasteiger partial charge is 0.480 e. The second-order valence-corrected chi connectivity index (χ2v) is 7.26. The third-order valence-electron chi connectivity index (χ3n) is 5.13. The van der Waals surface area contributed by atoms with Gasteiger partial charge in [0, 0.05) is 33.2 Å². The van der Waals surface area contributed by atoms with Gasteiger partial charge < -0.3 is 40.6 Å². The number of carboxylic acids is 1. The first kappa shape index (κ1) is 26.7. The van der Waals surface area contributed by atoms with Crippen LogP contribution in [0, 0.1) is 0 Å². The predicted octanol–water partition coefficient (Wildman–Crippen LogP) is -3.47. The molecule has 3 rings (SSSR count). The third-order valence-corrected chi connectivity index (χ3v) is 5.13. The zero-order chi connectivity index (χ0) is 23.6. The van der Waals surface area contributed by atoms with Crippen LogP contribution in [-0.2, 0) is 33.4 Å². The Kier molecular flexibility index (Phi) is 11.3. The quantitative estimate of drug-likeness (QED) is 0.394. The molecule has 3 saturated heterocycles. The van der Waals surface area contributed by atoms with Crippen LogP contribution < -0.4 is 11.5 Å². The first-order valence-electron chi connectivity index (χ1n) is 9.77. The van der Waals surface area contributed by atoms with Crippen LogP contribution in [0.2, 0.25) is 0 Å². The van der Waals surface area contributed by atoms with Gasteiger partial charge in [0.2, 0.25) is 17.7 Å². The number of carbonyl (C=O) groups is 4. The Hall–Kier alpha value is -2.32. The molecule has 3 aliphatic heterocycles. The smallest absolute Gasteiger partial charge is 0.328 e. The van der Waals surface area contributed by atoms with Crippen molar-refractivity contribution in [1.82, 2.24) is 14.7 Å². The van der Waals surface area contributed by atoms with E-state index >= 15 is 0 Å². The average Bonchev–Trinajstić information content (AvgIpc) is 2.73. The number of carboxylic acid groups (broad SMARTS) is 1. The number of hydrogen-bond acceptors (Lipinski definition) is 9. The number of ether oxygens (including phenoxy) is 3. The fraction of sp³-hybridized carbons (Fsp3) is 0.778. The standard InChI is InChI=1S/C6H10N2O3.C6H14N2O.C6H9NO4/c1-8-4(6(7)10)2-11-3-5(8)9;1-8-2-3-9-5-6(8)4-7;1-7-4(6(9)10)2-11-3-5(7)8/h4H,2-3H2,1H3,(H2,7,10);6H,2-5,7H2,1H3;4H,2-3H2,1H3,(H,9,10). The molecule has 13 nitrogen and oxygen atoms in total. The minimum Gasteiger partial charge on any atom is -0.480 e. The summed E-state index contributed by atoms with van der Waals surface area (Å²) in [6, 6.07) is -0.980. The summed E-state index contributed by atoms with van der Waals surface area (Å²) in [6.07, 6.45) is 0. The summed E-state index contributed by atoms with van der Waals surface area (Å²) in [5, 5.41) is 8.55. The van der Waals surface area contributed by atoms with Gasteiger partial charge >= 0.3 is 5.97 Å². The highest BCUT2D eigenvalue weighted by Gasteiger charge is 2.31. The molecule has 0 aromatic heterocycles. The minimum absolute atomic E-state index is 0.0136. The highest BCUT2D eigenvalue weighted by molar-refractivity contribution is 5.88. The molecule has 13 heteroatoms. The molecular weight excluding hydrogens is 414 g/mol. The van der Waals surface area contributed by atoms with Gasteiger partial charge in [-0.25, -0.2) is 4.79 Å². The van der Waals surface area contributed by atoms with E-state index in [1.165, 1.54) is 16.8 Å². The summed E-state index contributed by atoms with van der Waals surface area (Å²) in [5.74, 6) is -2.05. The number of primary amides is 1. The van der Waals surface area contributed by atoms with Crippen molar-refractivity contribution in [2.24, 2.45) is 11.5 Å². The summed E-state index contributed by atoms with van der Waals surface area (Å²) in [4.78, 5) is 47.6. The van der Waals surface area contributed by atoms with Crippen molar-refractivity contribution in [1.29, 1.82) is 0 Å². The van der Waals surface area contributed by atoms with Gasteiger partial charge in [-0.1, -0.05) is 0 Å². The van der Waals surface area contributed by atoms with Crippen LogP contribution in [0.4, 0.5) is 0 Å². The number of aliphatic carboxylic acids is 1. The number of carbonyl (C=O) groups excluding carboxylic acids is 3. The van der Waals surface area contributed by atoms with E-state index in [0.717, 1.165) is 19.8 Å². The van der Waals surface area contributed by atoms with Crippen molar-refractivity contribution >= 4 is 23.7 Å². The Morgan fingerprint density at radius 2 is 1.48 bits per heavy atom. The maximum atomic E-state index is 10.9. The molecule has 178 valence electrons. The molecule has 3 heterocycles. The number of nitrogens with two attached hydrogens (primary N) is 2. The molecule has 0 bridgehead atoms. The molecule has 0 aromatic carbocycles. The van der Waals surface area contributed by atoms with E-state index in [4.69, 9.17) is 30.8 Å². The van der Waals surface area contributed by atoms with Gasteiger partial charge in [-0.2, -0.15) is 0 Å². The first-order chi connectivity index (χ1) is 14.6. The van der Waals surface area contributed by atoms with Crippen LogP contribution in [-0.4, -0.2) is 135 Å². The molecule has 3 amide bonds. The van der Waals surface area contributed by atoms with Crippen LogP contribution in [0.5, 0.6) is 0 Å². The van der Waals surface area contributed by atoms with Crippen LogP contribution in [0.25, 0.3) is 0 Å². The fourth-order valence-electron chi connectivity index (χ4n) is 2.79. The Morgan fingerprint density at radius 3 is 1.84 bits per heavy atom. The number of rotatable bonds is 3. The van der Waals surface area contributed by atoms with Crippen LogP contribution in [0.15, 0.2) is 0 Å². The highest BCUT2D eigenvalue weighted by atomic mass is 16.5. The van der Waals surface area contributed by atoms with Crippen LogP contribution >= 0.6 is 0 Å². The lowest BCUT2D eigenvalue weighted by Gasteiger charge is -2.31. The number of likely N-dealkylation sites (N-methyl/N-ethyl adjacent to an activating group) is 3. The fourth-order valence-corrected chi connectivity index (χ4v) is 2.79. The molecule has 0 radical (unpaired) electrons. The molecule has 3 aliphatic rings. The maximum Gasteiger partial charge on any atom is 0.328 e. The van der Waals surface area contributed by atoms with E-state index in [2.05, 4.69) is 11.9 Å². The van der Waals surface area contributed by atoms with Crippen LogP contribution in [0.3, 0.4) is 0 Å². The highest BCUT2D eigenvalue weighted by Crippen LogP contribution is 2.05. The lowest BCUT2D eigenvalue weighted by Crippen LogP contribution is -2.53. The van der Waals surface area contributed by atoms with Gasteiger partial charge in [0.1, 0.15) is 19.3 Å². The number of morpholine rings is 3. The van der Waals surface area contributed by atoms with Crippen molar-refractivity contribution in [3.05, 3.63) is 0 Å². The summed E-state index contributed by atoms with van der Waals surface area (Å²) >= 11 is 0. The minimum atomic E-state index is -1.03. The molecule has 3 unspecified atom stereocenters. The lowest BCUT2D eigenvalue weighted by molar-refractivity contribution is -0.160. The Labute approximate surface area is 181 Å². The monoisotopic (exact) mass is 447 g/mol. The van der Waals surface area contributed by atoms with Crippen molar-refractivity contribution in [2.75, 3.05) is 73.9 Å². The van der Waals surface area contributed by atoms with E-state index in [1.54, 1.807) is 7.05 Å². The van der Waals surface area contributed by atoms with Gasteiger partial charge in [-0.3, -0.25) is 19.3 Å². The average molecular weight is 447 g/mol. The summed E-state index contributed by atoms with van der Waals surface area (Å²) in [7, 11) is 5.09. The molecule has 3 atom stereocenters. The first-order valence-corrected chi connectivity index (χ1v) is 9.77. The second kappa shape index (κ2) is 13.2. The van der Waals surface area contributed by atoms with Gasteiger partial charge in [-0.15, -0.1) is 0 Å². The van der Waals surface area contributed by atoms with E-state index < -0.39 is 24.0 Å². The van der Waals surface area contributed by atoms with Crippen LogP contribution in [0.1, 0.15) is 0 Å². The Morgan fingerprint density at radius 1 is 0.968 bits per heavy atom. The molecule has 0 saturated carbocycles. The zero-order valence-electron chi connectivity index (χ0n) is 18.2. The third kappa shape index (κ3) is 8.38. The zero-order valence-corrected chi connectivity index (χ0v) is 18.2. The predicted molar refractivity (Wildman–Crippen MR) is 108 cm³/mol. The van der Waals surface area contributed by atoms with Crippen molar-refractivity contribution in [2.45, 2.75) is 18.1 Å². The van der Waals surface area contributed by atoms with E-state index in [-0.39, 0.29) is 38.2 Å². The molecule has 0 aliphatic carbocycles. The lowest BCUT2D eigenvalue weighted by atomic mass is 10.2. The maximum absolute atomic E-state index is 10.9. The summed E-state index contributed by atoms with van der Waals surface area (Å²) in [6.45, 7) is 3.69. The van der Waals surface area contributed by atoms with Gasteiger partial charge in [-0.05, 0) is 7.05 Å². The molecular formula is C18H33N5O8. The molecule has 0 spiro atoms. The van der Waals surface area contributed by atoms with Crippen molar-refractivity contribution < 1.29 is 38.5 Å².